The molecule has 0 unspecified atom stereocenters. The van der Waals surface area contributed by atoms with E-state index < -0.39 is 0 Å². The van der Waals surface area contributed by atoms with Gasteiger partial charge >= 0.3 is 0 Å². The summed E-state index contributed by atoms with van der Waals surface area (Å²) in [5.74, 6) is -0.155. The van der Waals surface area contributed by atoms with Crippen molar-refractivity contribution in [2.24, 2.45) is 0 Å². The number of halogens is 1. The summed E-state index contributed by atoms with van der Waals surface area (Å²) in [6.45, 7) is 5.34. The molecular formula is C11H12BrNO. The third kappa shape index (κ3) is 3.00. The largest absolute Gasteiger partial charge is 0.346 e. The first-order valence-electron chi connectivity index (χ1n) is 4.32. The number of benzene rings is 1. The van der Waals surface area contributed by atoms with Crippen LogP contribution >= 0.6 is 15.9 Å². The molecule has 0 saturated heterocycles. The predicted molar refractivity (Wildman–Crippen MR) is 60.9 cm³/mol. The van der Waals surface area contributed by atoms with Gasteiger partial charge in [-0.3, -0.25) is 4.79 Å². The van der Waals surface area contributed by atoms with Gasteiger partial charge in [-0.05, 0) is 30.7 Å². The molecule has 74 valence electrons. The summed E-state index contributed by atoms with van der Waals surface area (Å²) in [5.41, 5.74) is 1.06. The number of carbonyl (C=O) groups is 1. The van der Waals surface area contributed by atoms with Crippen LogP contribution in [0, 0.1) is 0 Å². The van der Waals surface area contributed by atoms with E-state index in [1.165, 1.54) is 6.08 Å². The third-order valence-corrected chi connectivity index (χ3v) is 2.39. The molecule has 0 aliphatic rings. The van der Waals surface area contributed by atoms with E-state index in [4.69, 9.17) is 0 Å². The molecule has 0 fully saturated rings. The standard InChI is InChI=1S/C11H12BrNO/c1-3-11(14)13-8(2)9-5-4-6-10(12)7-9/h3-8H,1H2,2H3,(H,13,14)/t8-/m1/s1. The molecule has 3 heteroatoms. The summed E-state index contributed by atoms with van der Waals surface area (Å²) >= 11 is 3.38. The summed E-state index contributed by atoms with van der Waals surface area (Å²) in [4.78, 5) is 11.0. The maximum absolute atomic E-state index is 11.0. The molecule has 1 aromatic carbocycles. The lowest BCUT2D eigenvalue weighted by atomic mass is 10.1. The predicted octanol–water partition coefficient (Wildman–Crippen LogP) is 2.81. The van der Waals surface area contributed by atoms with Crippen molar-refractivity contribution in [3.63, 3.8) is 0 Å². The van der Waals surface area contributed by atoms with Crippen molar-refractivity contribution in [2.45, 2.75) is 13.0 Å². The highest BCUT2D eigenvalue weighted by Crippen LogP contribution is 2.17. The highest BCUT2D eigenvalue weighted by Gasteiger charge is 2.06. The first-order chi connectivity index (χ1) is 6.63. The minimum atomic E-state index is -0.155. The molecule has 0 saturated carbocycles. The molecule has 1 atom stereocenters. The van der Waals surface area contributed by atoms with E-state index >= 15 is 0 Å². The lowest BCUT2D eigenvalue weighted by molar-refractivity contribution is -0.117. The van der Waals surface area contributed by atoms with E-state index in [9.17, 15) is 4.79 Å². The third-order valence-electron chi connectivity index (χ3n) is 1.89. The van der Waals surface area contributed by atoms with Crippen molar-refractivity contribution in [2.75, 3.05) is 0 Å². The molecule has 14 heavy (non-hydrogen) atoms. The Morgan fingerprint density at radius 2 is 2.36 bits per heavy atom. The Morgan fingerprint density at radius 3 is 2.93 bits per heavy atom. The normalized spacial score (nSPS) is 11.9. The molecule has 0 aromatic heterocycles. The van der Waals surface area contributed by atoms with Gasteiger partial charge in [-0.25, -0.2) is 0 Å². The molecule has 0 bridgehead atoms. The van der Waals surface area contributed by atoms with Crippen molar-refractivity contribution < 1.29 is 4.79 Å². The fourth-order valence-corrected chi connectivity index (χ4v) is 1.55. The fraction of sp³-hybridized carbons (Fsp3) is 0.182. The van der Waals surface area contributed by atoms with Crippen LogP contribution in [0.25, 0.3) is 0 Å². The molecular weight excluding hydrogens is 242 g/mol. The molecule has 1 rings (SSSR count). The van der Waals surface area contributed by atoms with Gasteiger partial charge in [0.05, 0.1) is 6.04 Å². The lowest BCUT2D eigenvalue weighted by Crippen LogP contribution is -2.24. The van der Waals surface area contributed by atoms with Crippen molar-refractivity contribution in [3.05, 3.63) is 47.0 Å². The average molecular weight is 254 g/mol. The van der Waals surface area contributed by atoms with Gasteiger partial charge in [-0.2, -0.15) is 0 Å². The first-order valence-corrected chi connectivity index (χ1v) is 5.11. The summed E-state index contributed by atoms with van der Waals surface area (Å²) in [6.07, 6.45) is 1.27. The number of carbonyl (C=O) groups excluding carboxylic acids is 1. The van der Waals surface area contributed by atoms with Crippen LogP contribution in [0.4, 0.5) is 0 Å². The molecule has 0 spiro atoms. The van der Waals surface area contributed by atoms with Crippen LogP contribution in [0.15, 0.2) is 41.4 Å². The van der Waals surface area contributed by atoms with Crippen molar-refractivity contribution >= 4 is 21.8 Å². The summed E-state index contributed by atoms with van der Waals surface area (Å²) in [5, 5.41) is 2.80. The summed E-state index contributed by atoms with van der Waals surface area (Å²) in [6, 6.07) is 7.84. The second kappa shape index (κ2) is 4.96. The number of rotatable bonds is 3. The van der Waals surface area contributed by atoms with E-state index in [0.717, 1.165) is 10.0 Å². The monoisotopic (exact) mass is 253 g/mol. The van der Waals surface area contributed by atoms with Gasteiger partial charge in [-0.15, -0.1) is 0 Å². The van der Waals surface area contributed by atoms with Crippen molar-refractivity contribution in [1.29, 1.82) is 0 Å². The van der Waals surface area contributed by atoms with Gasteiger partial charge in [0.15, 0.2) is 0 Å². The lowest BCUT2D eigenvalue weighted by Gasteiger charge is -2.12. The molecule has 0 heterocycles. The minimum Gasteiger partial charge on any atom is -0.346 e. The number of nitrogens with one attached hydrogen (secondary N) is 1. The van der Waals surface area contributed by atoms with Crippen LogP contribution in [-0.2, 0) is 4.79 Å². The Balaban J connectivity index is 2.74. The zero-order valence-electron chi connectivity index (χ0n) is 7.96. The zero-order chi connectivity index (χ0) is 10.6. The number of amides is 1. The van der Waals surface area contributed by atoms with Gasteiger partial charge in [0, 0.05) is 4.47 Å². The molecule has 0 aliphatic carbocycles. The van der Waals surface area contributed by atoms with Gasteiger partial charge in [-0.1, -0.05) is 34.6 Å². The van der Waals surface area contributed by atoms with E-state index in [-0.39, 0.29) is 11.9 Å². The molecule has 0 aliphatic heterocycles. The highest BCUT2D eigenvalue weighted by atomic mass is 79.9. The summed E-state index contributed by atoms with van der Waals surface area (Å²) < 4.78 is 1.01. The molecule has 1 amide bonds. The Morgan fingerprint density at radius 1 is 1.64 bits per heavy atom. The van der Waals surface area contributed by atoms with E-state index in [2.05, 4.69) is 27.8 Å². The summed E-state index contributed by atoms with van der Waals surface area (Å²) in [7, 11) is 0. The van der Waals surface area contributed by atoms with E-state index in [1.54, 1.807) is 0 Å². The average Bonchev–Trinajstić information content (AvgIpc) is 2.17. The van der Waals surface area contributed by atoms with Crippen LogP contribution in [0.2, 0.25) is 0 Å². The zero-order valence-corrected chi connectivity index (χ0v) is 9.54. The molecule has 0 radical (unpaired) electrons. The van der Waals surface area contributed by atoms with Gasteiger partial charge in [0.25, 0.3) is 0 Å². The van der Waals surface area contributed by atoms with Crippen LogP contribution in [0.3, 0.4) is 0 Å². The number of hydrogen-bond acceptors (Lipinski definition) is 1. The van der Waals surface area contributed by atoms with Crippen molar-refractivity contribution in [3.8, 4) is 0 Å². The molecule has 1 N–H and O–H groups in total. The second-order valence-corrected chi connectivity index (χ2v) is 3.91. The Kier molecular flexibility index (Phi) is 3.89. The van der Waals surface area contributed by atoms with Gasteiger partial charge < -0.3 is 5.32 Å². The number of hydrogen-bond donors (Lipinski definition) is 1. The Bertz CT molecular complexity index is 349. The van der Waals surface area contributed by atoms with Crippen LogP contribution in [0.5, 0.6) is 0 Å². The quantitative estimate of drug-likeness (QED) is 0.825. The highest BCUT2D eigenvalue weighted by molar-refractivity contribution is 9.10. The Hall–Kier alpha value is -1.09. The van der Waals surface area contributed by atoms with Crippen LogP contribution < -0.4 is 5.32 Å². The maximum atomic E-state index is 11.0. The van der Waals surface area contributed by atoms with E-state index in [1.807, 2.05) is 31.2 Å². The minimum absolute atomic E-state index is 0.00185. The van der Waals surface area contributed by atoms with Gasteiger partial charge in [0.1, 0.15) is 0 Å². The maximum Gasteiger partial charge on any atom is 0.243 e. The van der Waals surface area contributed by atoms with Crippen LogP contribution in [-0.4, -0.2) is 5.91 Å². The molecule has 1 aromatic rings. The molecule has 2 nitrogen and oxygen atoms in total. The fourth-order valence-electron chi connectivity index (χ4n) is 1.13. The van der Waals surface area contributed by atoms with Gasteiger partial charge in [0.2, 0.25) is 5.91 Å². The first kappa shape index (κ1) is 11.0. The SMILES string of the molecule is C=CC(=O)N[C@H](C)c1cccc(Br)c1. The Labute approximate surface area is 92.1 Å². The second-order valence-electron chi connectivity index (χ2n) is 2.99. The van der Waals surface area contributed by atoms with Crippen LogP contribution in [0.1, 0.15) is 18.5 Å². The van der Waals surface area contributed by atoms with Crippen molar-refractivity contribution in [1.82, 2.24) is 5.32 Å². The topological polar surface area (TPSA) is 29.1 Å². The smallest absolute Gasteiger partial charge is 0.243 e. The van der Waals surface area contributed by atoms with E-state index in [0.29, 0.717) is 0 Å².